The van der Waals surface area contributed by atoms with Gasteiger partial charge in [-0.2, -0.15) is 0 Å². The number of carbonyl (C=O) groups excluding carboxylic acids is 6. The first-order chi connectivity index (χ1) is 23.9. The second kappa shape index (κ2) is 15.9. The van der Waals surface area contributed by atoms with Gasteiger partial charge in [0.1, 0.15) is 25.3 Å². The molecule has 2 aliphatic heterocycles. The molecule has 5 rings (SSSR count). The van der Waals surface area contributed by atoms with Crippen molar-refractivity contribution in [1.82, 2.24) is 35.6 Å². The third-order valence-electron chi connectivity index (χ3n) is 8.81. The minimum Gasteiger partial charge on any atom is -0.449 e. The zero-order chi connectivity index (χ0) is 35.8. The monoisotopic (exact) mass is 691 g/mol. The Morgan fingerprint density at radius 1 is 0.600 bits per heavy atom. The maximum absolute atomic E-state index is 12.8. The summed E-state index contributed by atoms with van der Waals surface area (Å²) in [7, 11) is 0. The van der Waals surface area contributed by atoms with Crippen LogP contribution in [0.5, 0.6) is 0 Å². The fourth-order valence-electron chi connectivity index (χ4n) is 6.22. The molecule has 2 aromatic carbocycles. The topological polar surface area (TPSA) is 170 Å². The highest BCUT2D eigenvalue weighted by Gasteiger charge is 2.30. The van der Waals surface area contributed by atoms with E-state index in [1.165, 1.54) is 4.90 Å². The van der Waals surface area contributed by atoms with Crippen LogP contribution in [0.25, 0.3) is 11.1 Å². The van der Waals surface area contributed by atoms with Gasteiger partial charge in [-0.1, -0.05) is 48.5 Å². The van der Waals surface area contributed by atoms with E-state index in [9.17, 15) is 28.8 Å². The highest BCUT2D eigenvalue weighted by Crippen LogP contribution is 2.44. The van der Waals surface area contributed by atoms with Crippen LogP contribution in [0.3, 0.4) is 0 Å². The second-order valence-electron chi connectivity index (χ2n) is 13.3. The lowest BCUT2D eigenvalue weighted by Crippen LogP contribution is -2.56. The van der Waals surface area contributed by atoms with Crippen molar-refractivity contribution in [2.75, 3.05) is 78.6 Å². The van der Waals surface area contributed by atoms with Gasteiger partial charge in [0.15, 0.2) is 0 Å². The average molecular weight is 692 g/mol. The van der Waals surface area contributed by atoms with E-state index in [0.29, 0.717) is 26.2 Å². The van der Waals surface area contributed by atoms with E-state index in [1.54, 1.807) is 35.5 Å². The van der Waals surface area contributed by atoms with Crippen LogP contribution in [0.2, 0.25) is 0 Å². The minimum atomic E-state index is -0.675. The zero-order valence-corrected chi connectivity index (χ0v) is 28.7. The normalized spacial score (nSPS) is 15.8. The first-order valence-electron chi connectivity index (χ1n) is 16.8. The highest BCUT2D eigenvalue weighted by molar-refractivity contribution is 5.86. The van der Waals surface area contributed by atoms with E-state index in [4.69, 9.17) is 9.47 Å². The molecule has 0 bridgehead atoms. The van der Waals surface area contributed by atoms with E-state index in [-0.39, 0.29) is 76.1 Å². The minimum absolute atomic E-state index is 0.0829. The lowest BCUT2D eigenvalue weighted by atomic mass is 9.98. The van der Waals surface area contributed by atoms with Crippen LogP contribution in [0.15, 0.2) is 48.5 Å². The third kappa shape index (κ3) is 9.21. The van der Waals surface area contributed by atoms with Crippen molar-refractivity contribution in [3.05, 3.63) is 59.7 Å². The Kier molecular flexibility index (Phi) is 11.4. The number of ether oxygens (including phenoxy) is 2. The molecule has 2 saturated heterocycles. The summed E-state index contributed by atoms with van der Waals surface area (Å²) in [6, 6.07) is 15.7. The van der Waals surface area contributed by atoms with Gasteiger partial charge in [-0.05, 0) is 43.0 Å². The van der Waals surface area contributed by atoms with Crippen LogP contribution in [0, 0.1) is 0 Å². The predicted octanol–water partition coefficient (Wildman–Crippen LogP) is 1.57. The highest BCUT2D eigenvalue weighted by atomic mass is 16.6. The molecule has 268 valence electrons. The van der Waals surface area contributed by atoms with Crippen molar-refractivity contribution in [3.8, 4) is 11.1 Å². The molecular weight excluding hydrogens is 646 g/mol. The van der Waals surface area contributed by atoms with Crippen molar-refractivity contribution >= 4 is 35.9 Å². The van der Waals surface area contributed by atoms with E-state index in [0.717, 1.165) is 22.3 Å². The molecule has 3 N–H and O–H groups in total. The summed E-state index contributed by atoms with van der Waals surface area (Å²) in [5.74, 6) is -0.917. The van der Waals surface area contributed by atoms with Crippen LogP contribution in [-0.2, 0) is 23.9 Å². The van der Waals surface area contributed by atoms with Crippen molar-refractivity contribution in [3.63, 3.8) is 0 Å². The van der Waals surface area contributed by atoms with Gasteiger partial charge < -0.3 is 45.0 Å². The summed E-state index contributed by atoms with van der Waals surface area (Å²) < 4.78 is 10.7. The van der Waals surface area contributed by atoms with Crippen LogP contribution < -0.4 is 16.0 Å². The Bertz CT molecular complexity index is 1550. The number of fused-ring (bicyclic) bond motifs is 3. The van der Waals surface area contributed by atoms with Gasteiger partial charge >= 0.3 is 18.2 Å². The van der Waals surface area contributed by atoms with Crippen LogP contribution >= 0.6 is 0 Å². The Hall–Kier alpha value is -5.34. The number of nitrogens with one attached hydrogen (secondary N) is 3. The molecule has 0 atom stereocenters. The summed E-state index contributed by atoms with van der Waals surface area (Å²) in [5.41, 5.74) is 3.79. The van der Waals surface area contributed by atoms with E-state index in [2.05, 4.69) is 28.1 Å². The molecule has 15 nitrogen and oxygen atoms in total. The number of piperazine rings is 2. The lowest BCUT2D eigenvalue weighted by molar-refractivity contribution is -0.138. The lowest BCUT2D eigenvalue weighted by Gasteiger charge is -2.36. The molecule has 0 saturated carbocycles. The van der Waals surface area contributed by atoms with Crippen molar-refractivity contribution < 1.29 is 38.2 Å². The van der Waals surface area contributed by atoms with E-state index >= 15 is 0 Å². The molecule has 0 radical (unpaired) electrons. The first-order valence-corrected chi connectivity index (χ1v) is 16.8. The zero-order valence-electron chi connectivity index (χ0n) is 28.7. The Morgan fingerprint density at radius 3 is 1.46 bits per heavy atom. The Labute approximate surface area is 291 Å². The standard InChI is InChI=1S/C35H45N7O8/c1-35(2,3)50-34(48)38-22-31(45)40-14-12-39(13-15-40)29(43)20-36-32(46)42-18-16-41(17-19-42)30(44)21-37-33(47)49-23-28-26-10-6-4-8-24(26)25-9-5-7-11-27(25)28/h4-11,28H,12-23H2,1-3H3,(H,36,46)(H,37,47)(H,38,48). The molecule has 7 amide bonds. The summed E-state index contributed by atoms with van der Waals surface area (Å²) >= 11 is 0. The van der Waals surface area contributed by atoms with Crippen LogP contribution in [-0.4, -0.2) is 140 Å². The summed E-state index contributed by atoms with van der Waals surface area (Å²) in [6.07, 6.45) is -1.35. The van der Waals surface area contributed by atoms with Crippen LogP contribution in [0.4, 0.5) is 14.4 Å². The van der Waals surface area contributed by atoms with Gasteiger partial charge in [0.2, 0.25) is 17.7 Å². The van der Waals surface area contributed by atoms with Gasteiger partial charge in [0, 0.05) is 58.3 Å². The molecule has 0 spiro atoms. The molecule has 2 fully saturated rings. The SMILES string of the molecule is CC(C)(C)OC(=O)NCC(=O)N1CCN(C(=O)CNC(=O)N2CCN(C(=O)CNC(=O)OCC3c4ccccc4-c4ccccc43)CC2)CC1. The number of nitrogens with zero attached hydrogens (tertiary/aromatic N) is 4. The van der Waals surface area contributed by atoms with Gasteiger partial charge in [0.05, 0.1) is 6.54 Å². The summed E-state index contributed by atoms with van der Waals surface area (Å²) in [5, 5.41) is 7.63. The number of urea groups is 1. The smallest absolute Gasteiger partial charge is 0.408 e. The van der Waals surface area contributed by atoms with Gasteiger partial charge in [-0.25, -0.2) is 14.4 Å². The van der Waals surface area contributed by atoms with E-state index < -0.39 is 23.8 Å². The number of hydrogen-bond donors (Lipinski definition) is 3. The van der Waals surface area contributed by atoms with Crippen molar-refractivity contribution in [2.45, 2.75) is 32.3 Å². The Balaban J connectivity index is 0.950. The fraction of sp³-hybridized carbons (Fsp3) is 0.486. The average Bonchev–Trinajstić information content (AvgIpc) is 3.43. The number of rotatable bonds is 8. The molecule has 3 aliphatic rings. The molecule has 0 aromatic heterocycles. The molecule has 50 heavy (non-hydrogen) atoms. The summed E-state index contributed by atoms with van der Waals surface area (Å²) in [4.78, 5) is 81.2. The van der Waals surface area contributed by atoms with E-state index in [1.807, 2.05) is 36.4 Å². The maximum atomic E-state index is 12.8. The number of carbonyl (C=O) groups is 6. The number of amides is 7. The molecular formula is C35H45N7O8. The second-order valence-corrected chi connectivity index (χ2v) is 13.3. The first kappa shape index (κ1) is 36.0. The van der Waals surface area contributed by atoms with Crippen molar-refractivity contribution in [1.29, 1.82) is 0 Å². The Morgan fingerprint density at radius 2 is 1.00 bits per heavy atom. The number of alkyl carbamates (subject to hydrolysis) is 2. The quantitative estimate of drug-likeness (QED) is 0.375. The van der Waals surface area contributed by atoms with Gasteiger partial charge in [-0.3, -0.25) is 14.4 Å². The van der Waals surface area contributed by atoms with Gasteiger partial charge in [-0.15, -0.1) is 0 Å². The fourth-order valence-corrected chi connectivity index (χ4v) is 6.22. The largest absolute Gasteiger partial charge is 0.449 e. The van der Waals surface area contributed by atoms with Gasteiger partial charge in [0.25, 0.3) is 0 Å². The summed E-state index contributed by atoms with van der Waals surface area (Å²) in [6.45, 7) is 7.05. The third-order valence-corrected chi connectivity index (χ3v) is 8.81. The van der Waals surface area contributed by atoms with Crippen LogP contribution in [0.1, 0.15) is 37.8 Å². The maximum Gasteiger partial charge on any atom is 0.408 e. The van der Waals surface area contributed by atoms with Crippen molar-refractivity contribution in [2.24, 2.45) is 0 Å². The number of hydrogen-bond acceptors (Lipinski definition) is 8. The predicted molar refractivity (Wildman–Crippen MR) is 182 cm³/mol. The number of benzene rings is 2. The molecule has 2 heterocycles. The molecule has 0 unspecified atom stereocenters. The molecule has 15 heteroatoms. The molecule has 2 aromatic rings. The molecule has 1 aliphatic carbocycles.